The van der Waals surface area contributed by atoms with Gasteiger partial charge in [0.15, 0.2) is 0 Å². The van der Waals surface area contributed by atoms with Crippen molar-refractivity contribution in [1.82, 2.24) is 5.32 Å². The van der Waals surface area contributed by atoms with Gasteiger partial charge in [0.2, 0.25) is 0 Å². The predicted octanol–water partition coefficient (Wildman–Crippen LogP) is 2.05. The third-order valence-electron chi connectivity index (χ3n) is 1.95. The molecular formula is C10H23NO. The highest BCUT2D eigenvalue weighted by atomic mass is 16.5. The zero-order chi connectivity index (χ0) is 9.23. The van der Waals surface area contributed by atoms with Crippen molar-refractivity contribution in [2.45, 2.75) is 33.6 Å². The molecule has 0 aliphatic heterocycles. The molecule has 74 valence electrons. The first kappa shape index (κ1) is 11.9. The lowest BCUT2D eigenvalue weighted by Gasteiger charge is -2.09. The number of hydrogen-bond acceptors (Lipinski definition) is 2. The van der Waals surface area contributed by atoms with E-state index in [1.807, 2.05) is 0 Å². The van der Waals surface area contributed by atoms with Gasteiger partial charge in [0.1, 0.15) is 0 Å². The van der Waals surface area contributed by atoms with Gasteiger partial charge in [0.25, 0.3) is 0 Å². The summed E-state index contributed by atoms with van der Waals surface area (Å²) in [5.74, 6) is 0.705. The van der Waals surface area contributed by atoms with Gasteiger partial charge >= 0.3 is 0 Å². The second-order valence-corrected chi connectivity index (χ2v) is 3.34. The highest BCUT2D eigenvalue weighted by molar-refractivity contribution is 4.48. The van der Waals surface area contributed by atoms with E-state index in [0.717, 1.165) is 26.3 Å². The normalized spacial score (nSPS) is 13.2. The summed E-state index contributed by atoms with van der Waals surface area (Å²) in [5.41, 5.74) is 0. The van der Waals surface area contributed by atoms with Gasteiger partial charge in [0, 0.05) is 13.2 Å². The monoisotopic (exact) mass is 173 g/mol. The summed E-state index contributed by atoms with van der Waals surface area (Å²) in [4.78, 5) is 0. The standard InChI is InChI=1S/C10H23NO/c1-4-6-11-7-8-12-9-10(3)5-2/h10-11H,4-9H2,1-3H3. The summed E-state index contributed by atoms with van der Waals surface area (Å²) in [6.45, 7) is 10.4. The van der Waals surface area contributed by atoms with Gasteiger partial charge in [-0.25, -0.2) is 0 Å². The number of nitrogens with one attached hydrogen (secondary N) is 1. The molecule has 0 aliphatic carbocycles. The van der Waals surface area contributed by atoms with Gasteiger partial charge < -0.3 is 10.1 Å². The fourth-order valence-corrected chi connectivity index (χ4v) is 0.848. The van der Waals surface area contributed by atoms with Crippen LogP contribution in [0.2, 0.25) is 0 Å². The van der Waals surface area contributed by atoms with E-state index in [2.05, 4.69) is 26.1 Å². The molecule has 0 amide bonds. The molecule has 1 atom stereocenters. The summed E-state index contributed by atoms with van der Waals surface area (Å²) in [6, 6.07) is 0. The van der Waals surface area contributed by atoms with Crippen LogP contribution in [0.5, 0.6) is 0 Å². The van der Waals surface area contributed by atoms with Gasteiger partial charge in [-0.2, -0.15) is 0 Å². The van der Waals surface area contributed by atoms with E-state index in [1.54, 1.807) is 0 Å². The molecule has 0 saturated heterocycles. The van der Waals surface area contributed by atoms with E-state index in [0.29, 0.717) is 5.92 Å². The van der Waals surface area contributed by atoms with Crippen molar-refractivity contribution < 1.29 is 4.74 Å². The van der Waals surface area contributed by atoms with Crippen LogP contribution in [0.1, 0.15) is 33.6 Å². The van der Waals surface area contributed by atoms with Crippen LogP contribution < -0.4 is 5.32 Å². The Morgan fingerprint density at radius 2 is 2.00 bits per heavy atom. The SMILES string of the molecule is CCCNCCOCC(C)CC. The summed E-state index contributed by atoms with van der Waals surface area (Å²) < 4.78 is 5.47. The molecule has 0 radical (unpaired) electrons. The largest absolute Gasteiger partial charge is 0.380 e. The Labute approximate surface area is 76.7 Å². The summed E-state index contributed by atoms with van der Waals surface area (Å²) >= 11 is 0. The van der Waals surface area contributed by atoms with Crippen molar-refractivity contribution in [3.8, 4) is 0 Å². The summed E-state index contributed by atoms with van der Waals surface area (Å²) in [7, 11) is 0. The molecule has 0 saturated carbocycles. The smallest absolute Gasteiger partial charge is 0.0591 e. The molecule has 0 aromatic rings. The maximum Gasteiger partial charge on any atom is 0.0591 e. The van der Waals surface area contributed by atoms with Crippen LogP contribution in [-0.2, 0) is 4.74 Å². The summed E-state index contributed by atoms with van der Waals surface area (Å²) in [6.07, 6.45) is 2.41. The first-order valence-electron chi connectivity index (χ1n) is 5.09. The lowest BCUT2D eigenvalue weighted by molar-refractivity contribution is 0.105. The molecule has 0 spiro atoms. The van der Waals surface area contributed by atoms with Crippen molar-refractivity contribution in [2.24, 2.45) is 5.92 Å². The first-order valence-corrected chi connectivity index (χ1v) is 5.09. The quantitative estimate of drug-likeness (QED) is 0.567. The molecule has 0 aromatic heterocycles. The van der Waals surface area contributed by atoms with Gasteiger partial charge in [-0.05, 0) is 18.9 Å². The van der Waals surface area contributed by atoms with Crippen LogP contribution in [0.4, 0.5) is 0 Å². The van der Waals surface area contributed by atoms with Crippen LogP contribution in [0.3, 0.4) is 0 Å². The van der Waals surface area contributed by atoms with Crippen molar-refractivity contribution in [1.29, 1.82) is 0 Å². The zero-order valence-electron chi connectivity index (χ0n) is 8.73. The van der Waals surface area contributed by atoms with Gasteiger partial charge in [-0.1, -0.05) is 27.2 Å². The van der Waals surface area contributed by atoms with Crippen molar-refractivity contribution in [3.63, 3.8) is 0 Å². The third kappa shape index (κ3) is 8.02. The van der Waals surface area contributed by atoms with E-state index >= 15 is 0 Å². The first-order chi connectivity index (χ1) is 5.81. The molecule has 12 heavy (non-hydrogen) atoms. The Morgan fingerprint density at radius 1 is 1.25 bits per heavy atom. The predicted molar refractivity (Wildman–Crippen MR) is 53.4 cm³/mol. The fraction of sp³-hybridized carbons (Fsp3) is 1.00. The minimum atomic E-state index is 0.705. The molecule has 1 unspecified atom stereocenters. The maximum atomic E-state index is 5.47. The second-order valence-electron chi connectivity index (χ2n) is 3.34. The van der Waals surface area contributed by atoms with Gasteiger partial charge in [-0.15, -0.1) is 0 Å². The minimum absolute atomic E-state index is 0.705. The number of hydrogen-bond donors (Lipinski definition) is 1. The number of rotatable bonds is 8. The zero-order valence-corrected chi connectivity index (χ0v) is 8.73. The summed E-state index contributed by atoms with van der Waals surface area (Å²) in [5, 5.41) is 3.30. The van der Waals surface area contributed by atoms with E-state index in [9.17, 15) is 0 Å². The highest BCUT2D eigenvalue weighted by Gasteiger charge is 1.96. The Hall–Kier alpha value is -0.0800. The Balaban J connectivity index is 2.90. The van der Waals surface area contributed by atoms with Crippen molar-refractivity contribution >= 4 is 0 Å². The minimum Gasteiger partial charge on any atom is -0.380 e. The van der Waals surface area contributed by atoms with Crippen molar-refractivity contribution in [3.05, 3.63) is 0 Å². The van der Waals surface area contributed by atoms with Crippen LogP contribution in [0.15, 0.2) is 0 Å². The molecule has 0 heterocycles. The Bertz CT molecular complexity index is 85.9. The van der Waals surface area contributed by atoms with E-state index < -0.39 is 0 Å². The molecule has 0 bridgehead atoms. The topological polar surface area (TPSA) is 21.3 Å². The second kappa shape index (κ2) is 9.01. The average molecular weight is 173 g/mol. The Morgan fingerprint density at radius 3 is 2.58 bits per heavy atom. The lowest BCUT2D eigenvalue weighted by Crippen LogP contribution is -2.21. The third-order valence-corrected chi connectivity index (χ3v) is 1.95. The van der Waals surface area contributed by atoms with Crippen molar-refractivity contribution in [2.75, 3.05) is 26.3 Å². The van der Waals surface area contributed by atoms with E-state index in [-0.39, 0.29) is 0 Å². The van der Waals surface area contributed by atoms with Crippen LogP contribution >= 0.6 is 0 Å². The molecule has 0 aliphatic rings. The average Bonchev–Trinajstić information content (AvgIpc) is 2.10. The number of ether oxygens (including phenoxy) is 1. The molecule has 0 fully saturated rings. The van der Waals surface area contributed by atoms with E-state index in [4.69, 9.17) is 4.74 Å². The van der Waals surface area contributed by atoms with Crippen LogP contribution in [0, 0.1) is 5.92 Å². The maximum absolute atomic E-state index is 5.47. The fourth-order valence-electron chi connectivity index (χ4n) is 0.848. The van der Waals surface area contributed by atoms with Crippen LogP contribution in [-0.4, -0.2) is 26.3 Å². The van der Waals surface area contributed by atoms with E-state index in [1.165, 1.54) is 12.8 Å². The van der Waals surface area contributed by atoms with Gasteiger partial charge in [0.05, 0.1) is 6.61 Å². The molecule has 0 rings (SSSR count). The molecule has 2 heteroatoms. The van der Waals surface area contributed by atoms with Gasteiger partial charge in [-0.3, -0.25) is 0 Å². The molecule has 2 nitrogen and oxygen atoms in total. The highest BCUT2D eigenvalue weighted by Crippen LogP contribution is 1.99. The molecule has 1 N–H and O–H groups in total. The Kier molecular flexibility index (Phi) is 8.95. The lowest BCUT2D eigenvalue weighted by atomic mass is 10.1. The molecular weight excluding hydrogens is 150 g/mol. The van der Waals surface area contributed by atoms with Crippen LogP contribution in [0.25, 0.3) is 0 Å². The molecule has 0 aromatic carbocycles.